The third-order valence-electron chi connectivity index (χ3n) is 7.32. The quantitative estimate of drug-likeness (QED) is 0.384. The highest BCUT2D eigenvalue weighted by atomic mass is 16.3. The predicted octanol–water partition coefficient (Wildman–Crippen LogP) is 4.32. The van der Waals surface area contributed by atoms with Crippen molar-refractivity contribution in [1.82, 2.24) is 29.1 Å². The van der Waals surface area contributed by atoms with Crippen molar-refractivity contribution in [3.63, 3.8) is 0 Å². The number of pyridine rings is 2. The molecule has 8 nitrogen and oxygen atoms in total. The van der Waals surface area contributed by atoms with Crippen LogP contribution in [-0.2, 0) is 12.6 Å². The van der Waals surface area contributed by atoms with Gasteiger partial charge in [-0.3, -0.25) is 4.40 Å². The number of hydrogen-bond donors (Lipinski definition) is 2. The van der Waals surface area contributed by atoms with Crippen LogP contribution in [0.5, 0.6) is 0 Å². The maximum Gasteiger partial charge on any atom is 0.188 e. The molecule has 0 radical (unpaired) electrons. The second-order valence-corrected chi connectivity index (χ2v) is 9.94. The van der Waals surface area contributed by atoms with E-state index in [9.17, 15) is 5.11 Å². The Morgan fingerprint density at radius 3 is 2.46 bits per heavy atom. The first kappa shape index (κ1) is 21.8. The number of rotatable bonds is 4. The molecule has 3 N–H and O–H groups in total. The highest BCUT2D eigenvalue weighted by Gasteiger charge is 2.41. The minimum Gasteiger partial charge on any atom is -0.393 e. The van der Waals surface area contributed by atoms with Crippen molar-refractivity contribution in [3.8, 4) is 33.9 Å². The van der Waals surface area contributed by atoms with Gasteiger partial charge in [-0.2, -0.15) is 0 Å². The van der Waals surface area contributed by atoms with Gasteiger partial charge >= 0.3 is 0 Å². The number of nitrogens with two attached hydrogens (primary N) is 1. The number of aromatic nitrogens is 6. The van der Waals surface area contributed by atoms with E-state index in [1.54, 1.807) is 6.33 Å². The van der Waals surface area contributed by atoms with Gasteiger partial charge in [0.15, 0.2) is 11.5 Å². The summed E-state index contributed by atoms with van der Waals surface area (Å²) in [5.41, 5.74) is 13.4. The molecule has 37 heavy (non-hydrogen) atoms. The maximum absolute atomic E-state index is 9.78. The summed E-state index contributed by atoms with van der Waals surface area (Å²) >= 11 is 0. The van der Waals surface area contributed by atoms with Crippen LogP contribution in [0.3, 0.4) is 0 Å². The molecule has 8 heteroatoms. The molecule has 0 amide bonds. The third kappa shape index (κ3) is 3.53. The molecule has 7 rings (SSSR count). The van der Waals surface area contributed by atoms with Gasteiger partial charge in [-0.15, -0.1) is 10.2 Å². The predicted molar refractivity (Wildman–Crippen MR) is 142 cm³/mol. The lowest BCUT2D eigenvalue weighted by Gasteiger charge is -2.42. The number of fused-ring (bicyclic) bond motifs is 3. The zero-order chi connectivity index (χ0) is 25.1. The van der Waals surface area contributed by atoms with Crippen molar-refractivity contribution in [2.45, 2.75) is 24.5 Å². The molecule has 0 saturated heterocycles. The molecule has 2 aromatic carbocycles. The molecule has 0 atom stereocenters. The standard InChI is InChI=1S/C29H25N7O/c1-35-16-25(31-17-35)28-34-33-27-23-13-22(18-5-3-2-4-6-18)26(32-24(23)11-12-36(27)28)19-7-9-20(10-8-19)29(30)14-21(37)15-29/h2-13,16-17,21,37H,14-15,30H2,1H3/t21-,29+. The first-order chi connectivity index (χ1) is 18.0. The van der Waals surface area contributed by atoms with Crippen LogP contribution in [0.15, 0.2) is 85.5 Å². The van der Waals surface area contributed by atoms with E-state index in [1.165, 1.54) is 0 Å². The molecule has 1 saturated carbocycles. The van der Waals surface area contributed by atoms with Gasteiger partial charge in [-0.05, 0) is 36.1 Å². The number of aliphatic hydroxyl groups is 1. The fourth-order valence-electron chi connectivity index (χ4n) is 5.33. The zero-order valence-corrected chi connectivity index (χ0v) is 20.3. The topological polar surface area (TPSA) is 107 Å². The molecule has 0 spiro atoms. The fraction of sp³-hybridized carbons (Fsp3) is 0.172. The van der Waals surface area contributed by atoms with Crippen LogP contribution in [0, 0.1) is 0 Å². The number of aryl methyl sites for hydroxylation is 1. The molecular formula is C29H25N7O. The van der Waals surface area contributed by atoms with Crippen LogP contribution >= 0.6 is 0 Å². The summed E-state index contributed by atoms with van der Waals surface area (Å²) in [5, 5.41) is 19.7. The van der Waals surface area contributed by atoms with Gasteiger partial charge < -0.3 is 15.4 Å². The zero-order valence-electron chi connectivity index (χ0n) is 20.3. The average molecular weight is 488 g/mol. The molecule has 0 unspecified atom stereocenters. The second kappa shape index (κ2) is 8.06. The van der Waals surface area contributed by atoms with Gasteiger partial charge in [0.05, 0.1) is 23.6 Å². The van der Waals surface area contributed by atoms with Gasteiger partial charge in [0.1, 0.15) is 5.69 Å². The SMILES string of the molecule is Cn1cnc(-c2nnc3c4cc(-c5ccccc5)c(-c5ccc([C@]6(N)C[C@@H](O)C6)cc5)nc4ccn23)c1. The molecule has 4 aromatic heterocycles. The van der Waals surface area contributed by atoms with E-state index >= 15 is 0 Å². The van der Waals surface area contributed by atoms with Crippen molar-refractivity contribution in [2.24, 2.45) is 12.8 Å². The first-order valence-corrected chi connectivity index (χ1v) is 12.3. The lowest BCUT2D eigenvalue weighted by molar-refractivity contribution is 0.0209. The van der Waals surface area contributed by atoms with Crippen LogP contribution in [0.1, 0.15) is 18.4 Å². The average Bonchev–Trinajstić information content (AvgIpc) is 3.54. The van der Waals surface area contributed by atoms with E-state index in [-0.39, 0.29) is 6.10 Å². The first-order valence-electron chi connectivity index (χ1n) is 12.3. The maximum atomic E-state index is 9.78. The largest absolute Gasteiger partial charge is 0.393 e. The van der Waals surface area contributed by atoms with E-state index in [0.717, 1.165) is 50.2 Å². The van der Waals surface area contributed by atoms with E-state index in [1.807, 2.05) is 52.7 Å². The van der Waals surface area contributed by atoms with Gasteiger partial charge in [0.25, 0.3) is 0 Å². The van der Waals surface area contributed by atoms with Crippen molar-refractivity contribution >= 4 is 16.6 Å². The number of nitrogens with zero attached hydrogens (tertiary/aromatic N) is 6. The summed E-state index contributed by atoms with van der Waals surface area (Å²) < 4.78 is 3.85. The van der Waals surface area contributed by atoms with Crippen molar-refractivity contribution in [3.05, 3.63) is 91.0 Å². The Morgan fingerprint density at radius 1 is 0.973 bits per heavy atom. The highest BCUT2D eigenvalue weighted by Crippen LogP contribution is 2.40. The molecule has 6 aromatic rings. The van der Waals surface area contributed by atoms with Crippen molar-refractivity contribution < 1.29 is 5.11 Å². The molecule has 0 bridgehead atoms. The van der Waals surface area contributed by atoms with Crippen molar-refractivity contribution in [2.75, 3.05) is 0 Å². The summed E-state index contributed by atoms with van der Waals surface area (Å²) in [5.74, 6) is 0.690. The van der Waals surface area contributed by atoms with Gasteiger partial charge in [-0.1, -0.05) is 54.6 Å². The van der Waals surface area contributed by atoms with E-state index in [0.29, 0.717) is 18.7 Å². The Kier molecular flexibility index (Phi) is 4.76. The number of benzene rings is 2. The number of imidazole rings is 1. The summed E-state index contributed by atoms with van der Waals surface area (Å²) in [4.78, 5) is 9.57. The molecular weight excluding hydrogens is 462 g/mol. The van der Waals surface area contributed by atoms with Crippen LogP contribution in [0.2, 0.25) is 0 Å². The van der Waals surface area contributed by atoms with Crippen LogP contribution < -0.4 is 5.73 Å². The number of hydrogen-bond acceptors (Lipinski definition) is 6. The Labute approximate surface area is 213 Å². The minimum absolute atomic E-state index is 0.316. The van der Waals surface area contributed by atoms with Gasteiger partial charge in [0.2, 0.25) is 0 Å². The Bertz CT molecular complexity index is 1760. The lowest BCUT2D eigenvalue weighted by Crippen LogP contribution is -2.51. The van der Waals surface area contributed by atoms with Gasteiger partial charge in [-0.25, -0.2) is 9.97 Å². The second-order valence-electron chi connectivity index (χ2n) is 9.94. The summed E-state index contributed by atoms with van der Waals surface area (Å²) in [6.45, 7) is 0. The monoisotopic (exact) mass is 487 g/mol. The van der Waals surface area contributed by atoms with Crippen molar-refractivity contribution in [1.29, 1.82) is 0 Å². The molecule has 182 valence electrons. The van der Waals surface area contributed by atoms with E-state index in [2.05, 4.69) is 57.6 Å². The molecule has 1 fully saturated rings. The van der Waals surface area contributed by atoms with Crippen LogP contribution in [0.4, 0.5) is 0 Å². The molecule has 1 aliphatic rings. The highest BCUT2D eigenvalue weighted by molar-refractivity contribution is 5.98. The lowest BCUT2D eigenvalue weighted by atomic mass is 9.70. The van der Waals surface area contributed by atoms with Crippen LogP contribution in [0.25, 0.3) is 50.5 Å². The van der Waals surface area contributed by atoms with Gasteiger partial charge in [0, 0.05) is 41.5 Å². The summed E-state index contributed by atoms with van der Waals surface area (Å²) in [6.07, 6.45) is 6.49. The smallest absolute Gasteiger partial charge is 0.188 e. The van der Waals surface area contributed by atoms with E-state index < -0.39 is 5.54 Å². The fourth-order valence-corrected chi connectivity index (χ4v) is 5.33. The minimum atomic E-state index is -0.457. The van der Waals surface area contributed by atoms with E-state index in [4.69, 9.17) is 10.7 Å². The molecule has 4 heterocycles. The Morgan fingerprint density at radius 2 is 1.76 bits per heavy atom. The number of aliphatic hydroxyl groups excluding tert-OH is 1. The summed E-state index contributed by atoms with van der Waals surface area (Å²) in [7, 11) is 1.93. The Hall–Kier alpha value is -4.40. The molecule has 0 aliphatic heterocycles. The Balaban J connectivity index is 1.40. The molecule has 1 aliphatic carbocycles. The normalized spacial score (nSPS) is 19.4. The van der Waals surface area contributed by atoms with Crippen LogP contribution in [-0.4, -0.2) is 40.3 Å². The summed E-state index contributed by atoms with van der Waals surface area (Å²) in [6, 6.07) is 22.7. The third-order valence-corrected chi connectivity index (χ3v) is 7.32.